The highest BCUT2D eigenvalue weighted by Gasteiger charge is 2.06. The average Bonchev–Trinajstić information content (AvgIpc) is 2.53. The van der Waals surface area contributed by atoms with Gasteiger partial charge in [-0.3, -0.25) is 4.79 Å². The fraction of sp³-hybridized carbons (Fsp3) is 0.222. The Morgan fingerprint density at radius 3 is 2.61 bits per heavy atom. The topological polar surface area (TPSA) is 67.4 Å². The number of ketones is 1. The van der Waals surface area contributed by atoms with E-state index in [1.165, 1.54) is 0 Å². The molecule has 0 aliphatic rings. The van der Waals surface area contributed by atoms with Crippen molar-refractivity contribution in [1.29, 1.82) is 0 Å². The molecule has 0 saturated heterocycles. The van der Waals surface area contributed by atoms with Crippen molar-refractivity contribution in [2.75, 3.05) is 12.4 Å². The van der Waals surface area contributed by atoms with Gasteiger partial charge in [-0.05, 0) is 30.7 Å². The van der Waals surface area contributed by atoms with Gasteiger partial charge in [0.1, 0.15) is 11.5 Å². The van der Waals surface area contributed by atoms with Gasteiger partial charge in [0, 0.05) is 24.2 Å². The fourth-order valence-corrected chi connectivity index (χ4v) is 2.25. The third-order valence-corrected chi connectivity index (χ3v) is 3.27. The molecule has 0 aromatic heterocycles. The van der Waals surface area contributed by atoms with Gasteiger partial charge in [0.05, 0.1) is 7.11 Å². The molecule has 5 nitrogen and oxygen atoms in total. The van der Waals surface area contributed by atoms with E-state index in [9.17, 15) is 9.59 Å². The van der Waals surface area contributed by atoms with Crippen LogP contribution in [0.1, 0.15) is 18.1 Å². The average molecular weight is 312 g/mol. The van der Waals surface area contributed by atoms with E-state index in [1.54, 1.807) is 26.2 Å². The number of hydrogen-bond acceptors (Lipinski definition) is 3. The van der Waals surface area contributed by atoms with Crippen molar-refractivity contribution in [3.05, 3.63) is 59.7 Å². The Hall–Kier alpha value is -2.82. The lowest BCUT2D eigenvalue weighted by atomic mass is 10.1. The number of methoxy groups -OCH3 is 1. The van der Waals surface area contributed by atoms with Crippen molar-refractivity contribution in [2.45, 2.75) is 19.9 Å². The summed E-state index contributed by atoms with van der Waals surface area (Å²) in [6.07, 6.45) is 0.359. The number of urea groups is 1. The fourth-order valence-electron chi connectivity index (χ4n) is 2.25. The van der Waals surface area contributed by atoms with Crippen molar-refractivity contribution >= 4 is 17.5 Å². The normalized spacial score (nSPS) is 10.0. The van der Waals surface area contributed by atoms with E-state index < -0.39 is 0 Å². The molecule has 0 saturated carbocycles. The lowest BCUT2D eigenvalue weighted by Gasteiger charge is -2.11. The number of benzene rings is 2. The highest BCUT2D eigenvalue weighted by molar-refractivity contribution is 5.89. The van der Waals surface area contributed by atoms with Crippen LogP contribution in [0, 0.1) is 0 Å². The van der Waals surface area contributed by atoms with Crippen LogP contribution in [0.3, 0.4) is 0 Å². The first-order valence-corrected chi connectivity index (χ1v) is 7.33. The van der Waals surface area contributed by atoms with Crippen LogP contribution in [0.25, 0.3) is 0 Å². The van der Waals surface area contributed by atoms with Crippen molar-refractivity contribution in [1.82, 2.24) is 5.32 Å². The lowest BCUT2D eigenvalue weighted by molar-refractivity contribution is -0.116. The Balaban J connectivity index is 1.93. The molecule has 0 spiro atoms. The van der Waals surface area contributed by atoms with Gasteiger partial charge in [0.25, 0.3) is 0 Å². The molecular weight excluding hydrogens is 292 g/mol. The van der Waals surface area contributed by atoms with Gasteiger partial charge in [0.2, 0.25) is 0 Å². The number of nitrogens with one attached hydrogen (secondary N) is 2. The van der Waals surface area contributed by atoms with Crippen molar-refractivity contribution in [2.24, 2.45) is 0 Å². The Morgan fingerprint density at radius 1 is 1.09 bits per heavy atom. The zero-order valence-electron chi connectivity index (χ0n) is 13.3. The van der Waals surface area contributed by atoms with Crippen molar-refractivity contribution < 1.29 is 14.3 Å². The second kappa shape index (κ2) is 7.98. The number of carbonyl (C=O) groups excluding carboxylic acids is 2. The second-order valence-electron chi connectivity index (χ2n) is 5.20. The largest absolute Gasteiger partial charge is 0.496 e. The number of anilines is 1. The molecule has 23 heavy (non-hydrogen) atoms. The molecule has 0 radical (unpaired) electrons. The molecular formula is C18H20N2O3. The number of carbonyl (C=O) groups is 2. The third-order valence-electron chi connectivity index (χ3n) is 3.27. The number of ether oxygens (including phenoxy) is 1. The highest BCUT2D eigenvalue weighted by atomic mass is 16.5. The molecule has 120 valence electrons. The number of rotatable bonds is 6. The van der Waals surface area contributed by atoms with Crippen LogP contribution in [-0.2, 0) is 17.8 Å². The van der Waals surface area contributed by atoms with E-state index in [-0.39, 0.29) is 11.8 Å². The minimum Gasteiger partial charge on any atom is -0.496 e. The maximum Gasteiger partial charge on any atom is 0.319 e. The molecule has 2 amide bonds. The molecule has 2 aromatic rings. The maximum atomic E-state index is 12.0. The minimum atomic E-state index is -0.309. The summed E-state index contributed by atoms with van der Waals surface area (Å²) in [5.41, 5.74) is 2.43. The third kappa shape index (κ3) is 5.14. The predicted molar refractivity (Wildman–Crippen MR) is 89.7 cm³/mol. The molecule has 0 unspecified atom stereocenters. The van der Waals surface area contributed by atoms with E-state index >= 15 is 0 Å². The molecule has 0 heterocycles. The van der Waals surface area contributed by atoms with Gasteiger partial charge >= 0.3 is 6.03 Å². The zero-order chi connectivity index (χ0) is 16.7. The standard InChI is InChI=1S/C18H20N2O3/c1-13(21)10-14-6-5-8-16(11-14)20-18(22)19-12-15-7-3-4-9-17(15)23-2/h3-9,11H,10,12H2,1-2H3,(H2,19,20,22). The molecule has 2 aromatic carbocycles. The molecule has 5 heteroatoms. The summed E-state index contributed by atoms with van der Waals surface area (Å²) in [7, 11) is 1.60. The summed E-state index contributed by atoms with van der Waals surface area (Å²) >= 11 is 0. The second-order valence-corrected chi connectivity index (χ2v) is 5.20. The van der Waals surface area contributed by atoms with Gasteiger partial charge < -0.3 is 15.4 Å². The van der Waals surface area contributed by atoms with Crippen LogP contribution in [-0.4, -0.2) is 18.9 Å². The smallest absolute Gasteiger partial charge is 0.319 e. The van der Waals surface area contributed by atoms with E-state index in [2.05, 4.69) is 10.6 Å². The van der Waals surface area contributed by atoms with Crippen LogP contribution in [0.4, 0.5) is 10.5 Å². The maximum absolute atomic E-state index is 12.0. The summed E-state index contributed by atoms with van der Waals surface area (Å²) in [6, 6.07) is 14.5. The summed E-state index contributed by atoms with van der Waals surface area (Å²) in [4.78, 5) is 23.1. The number of para-hydroxylation sites is 1. The van der Waals surface area contributed by atoms with Crippen LogP contribution in [0.2, 0.25) is 0 Å². The van der Waals surface area contributed by atoms with Gasteiger partial charge in [-0.1, -0.05) is 30.3 Å². The van der Waals surface area contributed by atoms with E-state index in [0.717, 1.165) is 16.9 Å². The highest BCUT2D eigenvalue weighted by Crippen LogP contribution is 2.17. The van der Waals surface area contributed by atoms with Crippen molar-refractivity contribution in [3.8, 4) is 5.75 Å². The number of Topliss-reactive ketones (excluding diaryl/α,β-unsaturated/α-hetero) is 1. The van der Waals surface area contributed by atoms with Crippen LogP contribution in [0.5, 0.6) is 5.75 Å². The Morgan fingerprint density at radius 2 is 1.87 bits per heavy atom. The number of hydrogen-bond donors (Lipinski definition) is 2. The predicted octanol–water partition coefficient (Wildman–Crippen LogP) is 3.15. The first kappa shape index (κ1) is 16.5. The van der Waals surface area contributed by atoms with E-state index in [1.807, 2.05) is 36.4 Å². The lowest BCUT2D eigenvalue weighted by Crippen LogP contribution is -2.28. The summed E-state index contributed by atoms with van der Waals surface area (Å²) < 4.78 is 5.24. The van der Waals surface area contributed by atoms with Gasteiger partial charge in [-0.15, -0.1) is 0 Å². The monoisotopic (exact) mass is 312 g/mol. The van der Waals surface area contributed by atoms with Crippen LogP contribution >= 0.6 is 0 Å². The molecule has 0 fully saturated rings. The SMILES string of the molecule is COc1ccccc1CNC(=O)Nc1cccc(CC(C)=O)c1. The summed E-state index contributed by atoms with van der Waals surface area (Å²) in [6.45, 7) is 1.91. The molecule has 0 aliphatic heterocycles. The van der Waals surface area contributed by atoms with E-state index in [4.69, 9.17) is 4.74 Å². The quantitative estimate of drug-likeness (QED) is 0.861. The van der Waals surface area contributed by atoms with Crippen molar-refractivity contribution in [3.63, 3.8) is 0 Å². The molecule has 0 bridgehead atoms. The minimum absolute atomic E-state index is 0.0859. The Bertz CT molecular complexity index is 698. The molecule has 0 aliphatic carbocycles. The number of amides is 2. The summed E-state index contributed by atoms with van der Waals surface area (Å²) in [5.74, 6) is 0.819. The molecule has 0 atom stereocenters. The molecule has 2 rings (SSSR count). The Labute approximate surface area is 135 Å². The van der Waals surface area contributed by atoms with Gasteiger partial charge in [-0.25, -0.2) is 4.79 Å². The molecule has 2 N–H and O–H groups in total. The zero-order valence-corrected chi connectivity index (χ0v) is 13.3. The first-order chi connectivity index (χ1) is 11.1. The van der Waals surface area contributed by atoms with Crippen LogP contribution < -0.4 is 15.4 Å². The van der Waals surface area contributed by atoms with E-state index in [0.29, 0.717) is 18.7 Å². The summed E-state index contributed by atoms with van der Waals surface area (Å²) in [5, 5.41) is 5.55. The van der Waals surface area contributed by atoms with Gasteiger partial charge in [0.15, 0.2) is 0 Å². The first-order valence-electron chi connectivity index (χ1n) is 7.33. The van der Waals surface area contributed by atoms with Crippen LogP contribution in [0.15, 0.2) is 48.5 Å². The Kier molecular flexibility index (Phi) is 5.74. The van der Waals surface area contributed by atoms with Gasteiger partial charge in [-0.2, -0.15) is 0 Å².